The number of likely N-dealkylation sites (tertiary alicyclic amines) is 1. The van der Waals surface area contributed by atoms with Crippen LogP contribution in [0.2, 0.25) is 5.02 Å². The number of allylic oxidation sites excluding steroid dienone is 1. The maximum absolute atomic E-state index is 14.0. The minimum atomic E-state index is -0.754. The van der Waals surface area contributed by atoms with Gasteiger partial charge in [-0.3, -0.25) is 9.59 Å². The van der Waals surface area contributed by atoms with Crippen molar-refractivity contribution < 1.29 is 23.1 Å². The summed E-state index contributed by atoms with van der Waals surface area (Å²) in [6.45, 7) is 0.0913. The number of hydrogen-bond donors (Lipinski definition) is 2. The molecule has 1 atom stereocenters. The van der Waals surface area contributed by atoms with Gasteiger partial charge in [-0.2, -0.15) is 5.10 Å². The number of nitrogen functional groups attached to an aromatic ring is 1. The van der Waals surface area contributed by atoms with Crippen LogP contribution in [0.3, 0.4) is 0 Å². The van der Waals surface area contributed by atoms with Crippen LogP contribution < -0.4 is 16.2 Å². The van der Waals surface area contributed by atoms with Gasteiger partial charge in [-0.15, -0.1) is 0 Å². The number of hydrogen-bond acceptors (Lipinski definition) is 6. The number of nitrogens with zero attached hydrogens (tertiary/aromatic N) is 4. The van der Waals surface area contributed by atoms with Crippen molar-refractivity contribution in [2.24, 2.45) is 5.73 Å². The molecule has 9 nitrogen and oxygen atoms in total. The molecule has 4 rings (SSSR count). The van der Waals surface area contributed by atoms with E-state index in [2.05, 4.69) is 10.1 Å². The maximum Gasteiger partial charge on any atom is 0.255 e. The second kappa shape index (κ2) is 10.7. The fraction of sp³-hybridized carbons (Fsp3) is 0.250. The van der Waals surface area contributed by atoms with Gasteiger partial charge in [0.1, 0.15) is 29.5 Å². The Labute approximate surface area is 210 Å². The van der Waals surface area contributed by atoms with E-state index in [4.69, 9.17) is 27.8 Å². The number of aromatic nitrogens is 3. The molecule has 1 fully saturated rings. The van der Waals surface area contributed by atoms with Crippen LogP contribution in [0.15, 0.2) is 48.7 Å². The van der Waals surface area contributed by atoms with Crippen molar-refractivity contribution in [2.45, 2.75) is 18.9 Å². The standard InChI is InChI=1S/C24H23ClF2N6O3/c25-15-11-18(27)24(30-12-15)36-17-7-5-14(6-8-17)21-20(23(29)35)22(28)33(31-21)16-3-2-10-32(13-16)19(34)4-1-9-26/h1,4-8,11-12,16H,2-3,9-10,13,28H2,(H2,29,35)/b4-1+. The number of piperidine rings is 1. The van der Waals surface area contributed by atoms with E-state index in [0.717, 1.165) is 12.1 Å². The molecule has 2 aromatic heterocycles. The highest BCUT2D eigenvalue weighted by molar-refractivity contribution is 6.30. The first kappa shape index (κ1) is 25.1. The molecule has 1 aromatic carbocycles. The zero-order valence-electron chi connectivity index (χ0n) is 19.0. The number of amides is 2. The molecule has 12 heteroatoms. The molecule has 3 heterocycles. The van der Waals surface area contributed by atoms with Gasteiger partial charge in [-0.1, -0.05) is 11.6 Å². The number of benzene rings is 1. The van der Waals surface area contributed by atoms with Gasteiger partial charge in [0.05, 0.1) is 11.1 Å². The van der Waals surface area contributed by atoms with E-state index in [1.165, 1.54) is 17.0 Å². The van der Waals surface area contributed by atoms with Crippen LogP contribution in [0.4, 0.5) is 14.6 Å². The Morgan fingerprint density at radius 1 is 1.28 bits per heavy atom. The lowest BCUT2D eigenvalue weighted by Gasteiger charge is -2.32. The highest BCUT2D eigenvalue weighted by Gasteiger charge is 2.29. The van der Waals surface area contributed by atoms with Crippen molar-refractivity contribution >= 4 is 29.2 Å². The number of ether oxygens (including phenoxy) is 1. The zero-order chi connectivity index (χ0) is 25.8. The summed E-state index contributed by atoms with van der Waals surface area (Å²) in [6, 6.07) is 7.16. The summed E-state index contributed by atoms with van der Waals surface area (Å²) >= 11 is 5.71. The summed E-state index contributed by atoms with van der Waals surface area (Å²) in [5.41, 5.74) is 12.7. The highest BCUT2D eigenvalue weighted by atomic mass is 35.5. The van der Waals surface area contributed by atoms with Gasteiger partial charge in [-0.05, 0) is 49.2 Å². The van der Waals surface area contributed by atoms with Crippen LogP contribution in [0, 0.1) is 5.82 Å². The quantitative estimate of drug-likeness (QED) is 0.458. The van der Waals surface area contributed by atoms with Gasteiger partial charge in [-0.25, -0.2) is 18.4 Å². The molecule has 0 saturated carbocycles. The normalized spacial score (nSPS) is 15.9. The van der Waals surface area contributed by atoms with Crippen LogP contribution in [0.5, 0.6) is 11.6 Å². The third-order valence-electron chi connectivity index (χ3n) is 5.71. The summed E-state index contributed by atoms with van der Waals surface area (Å²) in [7, 11) is 0. The number of carbonyl (C=O) groups excluding carboxylic acids is 2. The lowest BCUT2D eigenvalue weighted by Crippen LogP contribution is -2.40. The zero-order valence-corrected chi connectivity index (χ0v) is 19.8. The Kier molecular flexibility index (Phi) is 7.49. The van der Waals surface area contributed by atoms with Crippen LogP contribution >= 0.6 is 11.6 Å². The fourth-order valence-electron chi connectivity index (χ4n) is 4.05. The first-order valence-corrected chi connectivity index (χ1v) is 11.4. The number of primary amides is 1. The molecule has 1 unspecified atom stereocenters. The number of halogens is 3. The van der Waals surface area contributed by atoms with E-state index in [9.17, 15) is 18.4 Å². The fourth-order valence-corrected chi connectivity index (χ4v) is 4.19. The first-order chi connectivity index (χ1) is 17.3. The van der Waals surface area contributed by atoms with Crippen LogP contribution in [-0.4, -0.2) is 51.2 Å². The molecule has 0 aliphatic carbocycles. The molecule has 188 valence electrons. The summed E-state index contributed by atoms with van der Waals surface area (Å²) in [6.07, 6.45) is 4.97. The van der Waals surface area contributed by atoms with Crippen molar-refractivity contribution in [1.29, 1.82) is 0 Å². The van der Waals surface area contributed by atoms with E-state index < -0.39 is 18.4 Å². The Bertz CT molecular complexity index is 1310. The van der Waals surface area contributed by atoms with Crippen molar-refractivity contribution in [2.75, 3.05) is 25.5 Å². The number of pyridine rings is 1. The predicted octanol–water partition coefficient (Wildman–Crippen LogP) is 3.90. The molecule has 0 radical (unpaired) electrons. The SMILES string of the molecule is NC(=O)c1c(-c2ccc(Oc3ncc(Cl)cc3F)cc2)nn(C2CCCN(C(=O)/C=C/CF)C2)c1N. The van der Waals surface area contributed by atoms with Crippen LogP contribution in [0.1, 0.15) is 29.2 Å². The summed E-state index contributed by atoms with van der Waals surface area (Å²) in [5, 5.41) is 4.71. The lowest BCUT2D eigenvalue weighted by molar-refractivity contribution is -0.127. The first-order valence-electron chi connectivity index (χ1n) is 11.1. The van der Waals surface area contributed by atoms with Crippen molar-refractivity contribution in [3.8, 4) is 22.9 Å². The van der Waals surface area contributed by atoms with Crippen molar-refractivity contribution in [3.05, 3.63) is 65.1 Å². The Morgan fingerprint density at radius 3 is 2.69 bits per heavy atom. The predicted molar refractivity (Wildman–Crippen MR) is 130 cm³/mol. The average Bonchev–Trinajstić information content (AvgIpc) is 3.22. The number of carbonyl (C=O) groups is 2. The minimum absolute atomic E-state index is 0.0508. The average molecular weight is 517 g/mol. The molecule has 4 N–H and O–H groups in total. The second-order valence-electron chi connectivity index (χ2n) is 8.12. The van der Waals surface area contributed by atoms with Gasteiger partial charge < -0.3 is 21.1 Å². The molecule has 0 bridgehead atoms. The maximum atomic E-state index is 14.0. The molecular weight excluding hydrogens is 494 g/mol. The number of alkyl halides is 1. The molecule has 1 saturated heterocycles. The lowest BCUT2D eigenvalue weighted by atomic mass is 10.1. The Balaban J connectivity index is 1.60. The van der Waals surface area contributed by atoms with Crippen molar-refractivity contribution in [1.82, 2.24) is 19.7 Å². The van der Waals surface area contributed by atoms with Crippen molar-refractivity contribution in [3.63, 3.8) is 0 Å². The number of rotatable bonds is 7. The van der Waals surface area contributed by atoms with E-state index in [1.807, 2.05) is 0 Å². The van der Waals surface area contributed by atoms with E-state index >= 15 is 0 Å². The van der Waals surface area contributed by atoms with Crippen LogP contribution in [-0.2, 0) is 4.79 Å². The van der Waals surface area contributed by atoms with Gasteiger partial charge in [0, 0.05) is 30.9 Å². The number of anilines is 1. The van der Waals surface area contributed by atoms with E-state index in [1.54, 1.807) is 29.2 Å². The minimum Gasteiger partial charge on any atom is -0.436 e. The topological polar surface area (TPSA) is 129 Å². The summed E-state index contributed by atoms with van der Waals surface area (Å²) < 4.78 is 33.4. The van der Waals surface area contributed by atoms with Crippen LogP contribution in [0.25, 0.3) is 11.3 Å². The number of nitrogens with two attached hydrogens (primary N) is 2. The highest BCUT2D eigenvalue weighted by Crippen LogP contribution is 2.33. The summed E-state index contributed by atoms with van der Waals surface area (Å²) in [5.74, 6) is -1.63. The third kappa shape index (κ3) is 5.30. The second-order valence-corrected chi connectivity index (χ2v) is 8.56. The molecule has 3 aromatic rings. The molecular formula is C24H23ClF2N6O3. The smallest absolute Gasteiger partial charge is 0.255 e. The molecule has 1 aliphatic rings. The summed E-state index contributed by atoms with van der Waals surface area (Å²) in [4.78, 5) is 30.0. The van der Waals surface area contributed by atoms with E-state index in [0.29, 0.717) is 37.2 Å². The largest absolute Gasteiger partial charge is 0.436 e. The molecule has 36 heavy (non-hydrogen) atoms. The Morgan fingerprint density at radius 2 is 2.03 bits per heavy atom. The molecule has 0 spiro atoms. The monoisotopic (exact) mass is 516 g/mol. The van der Waals surface area contributed by atoms with Gasteiger partial charge in [0.15, 0.2) is 5.82 Å². The van der Waals surface area contributed by atoms with Gasteiger partial charge >= 0.3 is 0 Å². The molecule has 1 aliphatic heterocycles. The third-order valence-corrected chi connectivity index (χ3v) is 5.92. The molecule has 2 amide bonds. The van der Waals surface area contributed by atoms with E-state index in [-0.39, 0.29) is 39.9 Å². The van der Waals surface area contributed by atoms with Gasteiger partial charge in [0.2, 0.25) is 5.91 Å². The van der Waals surface area contributed by atoms with Gasteiger partial charge in [0.25, 0.3) is 11.8 Å². The Hall–Kier alpha value is -3.99.